The average Bonchev–Trinajstić information content (AvgIpc) is 2.88. The highest BCUT2D eigenvalue weighted by atomic mass is 19.1. The van der Waals surface area contributed by atoms with Crippen LogP contribution in [0.4, 0.5) is 10.1 Å². The molecule has 0 radical (unpaired) electrons. The Morgan fingerprint density at radius 1 is 1.42 bits per heavy atom. The number of benzene rings is 1. The van der Waals surface area contributed by atoms with Crippen LogP contribution >= 0.6 is 0 Å². The second-order valence-corrected chi connectivity index (χ2v) is 4.14. The fourth-order valence-electron chi connectivity index (χ4n) is 1.95. The summed E-state index contributed by atoms with van der Waals surface area (Å²) in [7, 11) is 1.61. The Labute approximate surface area is 111 Å². The fraction of sp³-hybridized carbons (Fsp3) is 0.214. The lowest BCUT2D eigenvalue weighted by atomic mass is 10.0. The largest absolute Gasteiger partial charge is 0.445 e. The normalized spacial score (nSPS) is 11.2. The van der Waals surface area contributed by atoms with Crippen molar-refractivity contribution >= 4 is 17.8 Å². The molecule has 0 saturated carbocycles. The fourth-order valence-corrected chi connectivity index (χ4v) is 1.95. The van der Waals surface area contributed by atoms with Crippen LogP contribution in [0.5, 0.6) is 0 Å². The number of hydrazine groups is 1. The van der Waals surface area contributed by atoms with E-state index in [9.17, 15) is 4.39 Å². The zero-order valence-corrected chi connectivity index (χ0v) is 10.9. The van der Waals surface area contributed by atoms with Crippen LogP contribution in [0.15, 0.2) is 29.0 Å². The van der Waals surface area contributed by atoms with Gasteiger partial charge in [-0.25, -0.2) is 15.2 Å². The number of anilines is 1. The van der Waals surface area contributed by atoms with E-state index in [1.807, 2.05) is 6.92 Å². The van der Waals surface area contributed by atoms with Crippen LogP contribution in [0.25, 0.3) is 12.2 Å². The van der Waals surface area contributed by atoms with Gasteiger partial charge in [0.1, 0.15) is 12.1 Å². The van der Waals surface area contributed by atoms with Crippen LogP contribution in [0, 0.1) is 5.82 Å². The highest BCUT2D eigenvalue weighted by molar-refractivity contribution is 5.77. The number of nitrogens with two attached hydrogens (primary N) is 1. The summed E-state index contributed by atoms with van der Waals surface area (Å²) in [6.45, 7) is 2.01. The van der Waals surface area contributed by atoms with Gasteiger partial charge in [-0.3, -0.25) is 0 Å². The van der Waals surface area contributed by atoms with Crippen LogP contribution in [0.3, 0.4) is 0 Å². The van der Waals surface area contributed by atoms with Gasteiger partial charge in [-0.05, 0) is 24.1 Å². The van der Waals surface area contributed by atoms with Crippen LogP contribution in [-0.2, 0) is 6.42 Å². The number of oxazole rings is 1. The van der Waals surface area contributed by atoms with E-state index in [1.165, 1.54) is 17.3 Å². The Morgan fingerprint density at radius 2 is 2.21 bits per heavy atom. The zero-order chi connectivity index (χ0) is 13.8. The lowest BCUT2D eigenvalue weighted by Gasteiger charge is -2.18. The molecule has 0 amide bonds. The molecular formula is C14H16FN3O. The quantitative estimate of drug-likeness (QED) is 0.679. The van der Waals surface area contributed by atoms with Gasteiger partial charge in [0, 0.05) is 18.7 Å². The van der Waals surface area contributed by atoms with Crippen molar-refractivity contribution in [3.8, 4) is 0 Å². The molecule has 0 aliphatic rings. The molecule has 1 heterocycles. The first-order valence-electron chi connectivity index (χ1n) is 6.00. The topological polar surface area (TPSA) is 55.3 Å². The monoisotopic (exact) mass is 261 g/mol. The van der Waals surface area contributed by atoms with Crippen molar-refractivity contribution in [2.24, 2.45) is 5.84 Å². The summed E-state index contributed by atoms with van der Waals surface area (Å²) in [6, 6.07) is 3.19. The van der Waals surface area contributed by atoms with Crippen molar-refractivity contribution in [3.05, 3.63) is 47.4 Å². The number of hydrogen-bond acceptors (Lipinski definition) is 4. The SMILES string of the molecule is CCc1ccc(F)c(N(C)N)c1/C=C/c1ncco1. The number of halogens is 1. The maximum atomic E-state index is 13.9. The molecule has 0 spiro atoms. The van der Waals surface area contributed by atoms with Gasteiger partial charge in [0.25, 0.3) is 0 Å². The molecule has 0 aliphatic heterocycles. The van der Waals surface area contributed by atoms with Crippen molar-refractivity contribution in [1.29, 1.82) is 0 Å². The minimum absolute atomic E-state index is 0.353. The number of nitrogens with zero attached hydrogens (tertiary/aromatic N) is 2. The Hall–Kier alpha value is -2.14. The van der Waals surface area contributed by atoms with Gasteiger partial charge in [-0.2, -0.15) is 0 Å². The van der Waals surface area contributed by atoms with Gasteiger partial charge in [0.2, 0.25) is 5.89 Å². The molecule has 2 N–H and O–H groups in total. The minimum Gasteiger partial charge on any atom is -0.445 e. The summed E-state index contributed by atoms with van der Waals surface area (Å²) in [4.78, 5) is 3.99. The first-order valence-corrected chi connectivity index (χ1v) is 6.00. The van der Waals surface area contributed by atoms with E-state index >= 15 is 0 Å². The van der Waals surface area contributed by atoms with Gasteiger partial charge in [0.05, 0.1) is 11.9 Å². The van der Waals surface area contributed by atoms with Gasteiger partial charge in [0.15, 0.2) is 0 Å². The van der Waals surface area contributed by atoms with E-state index in [0.29, 0.717) is 11.6 Å². The van der Waals surface area contributed by atoms with Crippen LogP contribution in [-0.4, -0.2) is 12.0 Å². The first-order chi connectivity index (χ1) is 9.13. The molecule has 0 bridgehead atoms. The van der Waals surface area contributed by atoms with Crippen molar-refractivity contribution < 1.29 is 8.81 Å². The molecule has 4 nitrogen and oxygen atoms in total. The van der Waals surface area contributed by atoms with Gasteiger partial charge in [-0.15, -0.1) is 0 Å². The Balaban J connectivity index is 2.50. The molecule has 1 aromatic heterocycles. The number of rotatable bonds is 4. The molecule has 0 atom stereocenters. The third-order valence-electron chi connectivity index (χ3n) is 2.84. The summed E-state index contributed by atoms with van der Waals surface area (Å²) in [5, 5.41) is 1.28. The molecule has 0 saturated heterocycles. The van der Waals surface area contributed by atoms with Crippen molar-refractivity contribution in [2.45, 2.75) is 13.3 Å². The van der Waals surface area contributed by atoms with E-state index in [0.717, 1.165) is 17.5 Å². The third kappa shape index (κ3) is 2.82. The molecule has 0 fully saturated rings. The molecule has 0 unspecified atom stereocenters. The number of aromatic nitrogens is 1. The standard InChI is InChI=1S/C14H16FN3O/c1-3-10-4-6-12(15)14(18(2)16)11(10)5-7-13-17-8-9-19-13/h4-9H,3,16H2,1-2H3/b7-5+. The maximum absolute atomic E-state index is 13.9. The molecule has 0 aliphatic carbocycles. The summed E-state index contributed by atoms with van der Waals surface area (Å²) in [5.41, 5.74) is 2.12. The summed E-state index contributed by atoms with van der Waals surface area (Å²) >= 11 is 0. The van der Waals surface area contributed by atoms with E-state index in [-0.39, 0.29) is 5.82 Å². The van der Waals surface area contributed by atoms with Crippen LogP contribution < -0.4 is 10.9 Å². The van der Waals surface area contributed by atoms with E-state index in [2.05, 4.69) is 4.98 Å². The van der Waals surface area contributed by atoms with Crippen molar-refractivity contribution in [2.75, 3.05) is 12.1 Å². The smallest absolute Gasteiger partial charge is 0.218 e. The molecule has 1 aromatic carbocycles. The van der Waals surface area contributed by atoms with Crippen LogP contribution in [0.1, 0.15) is 23.9 Å². The number of aryl methyl sites for hydroxylation is 1. The molecule has 2 rings (SSSR count). The Morgan fingerprint density at radius 3 is 2.79 bits per heavy atom. The minimum atomic E-state index is -0.353. The van der Waals surface area contributed by atoms with Crippen LogP contribution in [0.2, 0.25) is 0 Å². The van der Waals surface area contributed by atoms with Gasteiger partial charge >= 0.3 is 0 Å². The van der Waals surface area contributed by atoms with Crippen molar-refractivity contribution in [1.82, 2.24) is 4.98 Å². The Bertz CT molecular complexity index is 577. The summed E-state index contributed by atoms with van der Waals surface area (Å²) in [5.74, 6) is 5.83. The molecule has 5 heteroatoms. The summed E-state index contributed by atoms with van der Waals surface area (Å²) in [6.07, 6.45) is 7.30. The van der Waals surface area contributed by atoms with E-state index in [4.69, 9.17) is 10.3 Å². The third-order valence-corrected chi connectivity index (χ3v) is 2.84. The lowest BCUT2D eigenvalue weighted by Crippen LogP contribution is -2.27. The Kier molecular flexibility index (Phi) is 3.97. The molecular weight excluding hydrogens is 245 g/mol. The predicted octanol–water partition coefficient (Wildman–Crippen LogP) is 2.86. The second kappa shape index (κ2) is 5.67. The van der Waals surface area contributed by atoms with E-state index in [1.54, 1.807) is 31.5 Å². The second-order valence-electron chi connectivity index (χ2n) is 4.14. The van der Waals surface area contributed by atoms with Crippen molar-refractivity contribution in [3.63, 3.8) is 0 Å². The molecule has 2 aromatic rings. The predicted molar refractivity (Wildman–Crippen MR) is 73.8 cm³/mol. The highest BCUT2D eigenvalue weighted by Gasteiger charge is 2.13. The van der Waals surface area contributed by atoms with E-state index < -0.39 is 0 Å². The highest BCUT2D eigenvalue weighted by Crippen LogP contribution is 2.27. The first kappa shape index (κ1) is 13.3. The lowest BCUT2D eigenvalue weighted by molar-refractivity contribution is 0.547. The summed E-state index contributed by atoms with van der Waals surface area (Å²) < 4.78 is 19.0. The average molecular weight is 261 g/mol. The molecule has 100 valence electrons. The number of hydrogen-bond donors (Lipinski definition) is 1. The maximum Gasteiger partial charge on any atom is 0.218 e. The zero-order valence-electron chi connectivity index (χ0n) is 10.9. The van der Waals surface area contributed by atoms with Gasteiger partial charge in [-0.1, -0.05) is 13.0 Å². The van der Waals surface area contributed by atoms with Gasteiger partial charge < -0.3 is 9.43 Å². The molecule has 19 heavy (non-hydrogen) atoms.